The Labute approximate surface area is 80.9 Å². The molecule has 66 valence electrons. The number of aromatic nitrogens is 1. The van der Waals surface area contributed by atoms with E-state index in [1.165, 1.54) is 0 Å². The molecule has 0 saturated heterocycles. The molecule has 0 radical (unpaired) electrons. The lowest BCUT2D eigenvalue weighted by molar-refractivity contribution is 0.581. The first-order chi connectivity index (χ1) is 5.47. The number of hydrogen-bond donors (Lipinski definition) is 0. The highest BCUT2D eigenvalue weighted by Gasteiger charge is 2.08. The lowest BCUT2D eigenvalue weighted by Gasteiger charge is -2.04. The Balaban J connectivity index is 2.78. The van der Waals surface area contributed by atoms with E-state index >= 15 is 0 Å². The summed E-state index contributed by atoms with van der Waals surface area (Å²) in [7, 11) is -1.98. The summed E-state index contributed by atoms with van der Waals surface area (Å²) in [4.78, 5) is 4.14. The van der Waals surface area contributed by atoms with Gasteiger partial charge in [-0.25, -0.2) is 0 Å². The second-order valence-corrected chi connectivity index (χ2v) is 7.58. The fourth-order valence-electron chi connectivity index (χ4n) is 0.890. The van der Waals surface area contributed by atoms with Gasteiger partial charge < -0.3 is 4.57 Å². The highest BCUT2D eigenvalue weighted by Crippen LogP contribution is 2.39. The molecule has 0 aromatic carbocycles. The zero-order valence-electron chi connectivity index (χ0n) is 7.12. The number of rotatable bonds is 2. The van der Waals surface area contributed by atoms with Gasteiger partial charge in [0.15, 0.2) is 0 Å². The van der Waals surface area contributed by atoms with Crippen molar-refractivity contribution in [3.8, 4) is 0 Å². The van der Waals surface area contributed by atoms with E-state index in [0.717, 1.165) is 10.2 Å². The zero-order valence-corrected chi connectivity index (χ0v) is 9.60. The predicted molar refractivity (Wildman–Crippen MR) is 55.1 cm³/mol. The lowest BCUT2D eigenvalue weighted by Crippen LogP contribution is -1.89. The third-order valence-corrected chi connectivity index (χ3v) is 2.89. The van der Waals surface area contributed by atoms with Crippen LogP contribution in [0.1, 0.15) is 5.69 Å². The van der Waals surface area contributed by atoms with Crippen molar-refractivity contribution in [2.75, 3.05) is 13.3 Å². The molecule has 1 aromatic heterocycles. The molecule has 4 heteroatoms. The van der Waals surface area contributed by atoms with Crippen molar-refractivity contribution in [1.82, 2.24) is 4.98 Å². The van der Waals surface area contributed by atoms with Gasteiger partial charge in [0.25, 0.3) is 0 Å². The molecule has 1 rings (SSSR count). The first-order valence-corrected chi connectivity index (χ1v) is 7.20. The van der Waals surface area contributed by atoms with E-state index in [4.69, 9.17) is 0 Å². The van der Waals surface area contributed by atoms with Crippen molar-refractivity contribution in [1.29, 1.82) is 0 Å². The Morgan fingerprint density at radius 2 is 2.17 bits per heavy atom. The topological polar surface area (TPSA) is 30.0 Å². The minimum absolute atomic E-state index is 0.584. The summed E-state index contributed by atoms with van der Waals surface area (Å²) in [5.41, 5.74) is 0.895. The number of pyridine rings is 1. The Kier molecular flexibility index (Phi) is 3.08. The van der Waals surface area contributed by atoms with Crippen molar-refractivity contribution in [2.45, 2.75) is 6.16 Å². The van der Waals surface area contributed by atoms with Crippen molar-refractivity contribution in [3.05, 3.63) is 28.5 Å². The fraction of sp³-hybridized carbons (Fsp3) is 0.375. The number of halogens is 1. The van der Waals surface area contributed by atoms with Crippen LogP contribution in [0.2, 0.25) is 0 Å². The van der Waals surface area contributed by atoms with E-state index in [9.17, 15) is 4.57 Å². The smallest absolute Gasteiger partial charge is 0.0876 e. The summed E-state index contributed by atoms with van der Waals surface area (Å²) in [5.74, 6) is 0. The Morgan fingerprint density at radius 1 is 1.50 bits per heavy atom. The highest BCUT2D eigenvalue weighted by molar-refractivity contribution is 9.10. The van der Waals surface area contributed by atoms with Crippen LogP contribution in [0.4, 0.5) is 0 Å². The molecule has 1 aromatic rings. The molecule has 2 nitrogen and oxygen atoms in total. The molecular formula is C8H11BrNOP. The van der Waals surface area contributed by atoms with Crippen LogP contribution in [0.15, 0.2) is 22.8 Å². The van der Waals surface area contributed by atoms with Crippen molar-refractivity contribution >= 4 is 23.1 Å². The first-order valence-electron chi connectivity index (χ1n) is 3.62. The maximum atomic E-state index is 11.4. The number of nitrogens with zero attached hydrogens (tertiary/aromatic N) is 1. The maximum Gasteiger partial charge on any atom is 0.0876 e. The summed E-state index contributed by atoms with van der Waals surface area (Å²) < 4.78 is 12.4. The van der Waals surface area contributed by atoms with Gasteiger partial charge in [-0.05, 0) is 41.4 Å². The molecule has 0 unspecified atom stereocenters. The van der Waals surface area contributed by atoms with Gasteiger partial charge in [-0.1, -0.05) is 0 Å². The van der Waals surface area contributed by atoms with Crippen LogP contribution in [0.3, 0.4) is 0 Å². The van der Waals surface area contributed by atoms with Gasteiger partial charge in [0.1, 0.15) is 0 Å². The molecule has 1 heterocycles. The lowest BCUT2D eigenvalue weighted by atomic mass is 10.4. The normalized spacial score (nSPS) is 11.6. The highest BCUT2D eigenvalue weighted by atomic mass is 79.9. The molecule has 0 aliphatic carbocycles. The third kappa shape index (κ3) is 3.51. The molecule has 0 aliphatic rings. The Morgan fingerprint density at radius 3 is 2.58 bits per heavy atom. The summed E-state index contributed by atoms with van der Waals surface area (Å²) in [5, 5.41) is 0. The van der Waals surface area contributed by atoms with Crippen molar-refractivity contribution in [3.63, 3.8) is 0 Å². The molecule has 0 fully saturated rings. The van der Waals surface area contributed by atoms with E-state index in [1.807, 2.05) is 12.1 Å². The SMILES string of the molecule is CP(C)(=O)Cc1ccc(Br)cn1. The largest absolute Gasteiger partial charge is 0.324 e. The van der Waals surface area contributed by atoms with E-state index in [0.29, 0.717) is 6.16 Å². The van der Waals surface area contributed by atoms with Gasteiger partial charge in [-0.15, -0.1) is 0 Å². The van der Waals surface area contributed by atoms with Gasteiger partial charge in [0.05, 0.1) is 7.14 Å². The minimum atomic E-state index is -1.98. The monoisotopic (exact) mass is 247 g/mol. The summed E-state index contributed by atoms with van der Waals surface area (Å²) in [6.07, 6.45) is 2.31. The predicted octanol–water partition coefficient (Wildman–Crippen LogP) is 2.97. The van der Waals surface area contributed by atoms with Crippen molar-refractivity contribution < 1.29 is 4.57 Å². The van der Waals surface area contributed by atoms with Crippen LogP contribution >= 0.6 is 23.1 Å². The fourth-order valence-corrected chi connectivity index (χ4v) is 2.09. The standard InChI is InChI=1S/C8H11BrNOP/c1-12(2,11)6-8-4-3-7(9)5-10-8/h3-5H,6H2,1-2H3. The Hall–Kier alpha value is -0.140. The summed E-state index contributed by atoms with van der Waals surface area (Å²) in [6, 6.07) is 3.81. The summed E-state index contributed by atoms with van der Waals surface area (Å²) in [6.45, 7) is 3.55. The van der Waals surface area contributed by atoms with E-state index < -0.39 is 7.14 Å². The van der Waals surface area contributed by atoms with E-state index in [-0.39, 0.29) is 0 Å². The first kappa shape index (κ1) is 9.94. The average molecular weight is 248 g/mol. The third-order valence-electron chi connectivity index (χ3n) is 1.33. The minimum Gasteiger partial charge on any atom is -0.324 e. The molecular weight excluding hydrogens is 237 g/mol. The van der Waals surface area contributed by atoms with Crippen LogP contribution in [-0.2, 0) is 10.7 Å². The second kappa shape index (κ2) is 3.71. The zero-order chi connectivity index (χ0) is 9.19. The number of hydrogen-bond acceptors (Lipinski definition) is 2. The van der Waals surface area contributed by atoms with E-state index in [2.05, 4.69) is 20.9 Å². The van der Waals surface area contributed by atoms with Crippen LogP contribution < -0.4 is 0 Å². The molecule has 0 N–H and O–H groups in total. The van der Waals surface area contributed by atoms with E-state index in [1.54, 1.807) is 19.5 Å². The molecule has 0 saturated carbocycles. The molecule has 12 heavy (non-hydrogen) atoms. The molecule has 0 spiro atoms. The van der Waals surface area contributed by atoms with Crippen LogP contribution in [0, 0.1) is 0 Å². The average Bonchev–Trinajstić information content (AvgIpc) is 1.91. The second-order valence-electron chi connectivity index (χ2n) is 3.20. The van der Waals surface area contributed by atoms with Gasteiger partial charge in [0.2, 0.25) is 0 Å². The molecule has 0 atom stereocenters. The van der Waals surface area contributed by atoms with Crippen LogP contribution in [0.25, 0.3) is 0 Å². The van der Waals surface area contributed by atoms with Gasteiger partial charge in [-0.2, -0.15) is 0 Å². The van der Waals surface area contributed by atoms with Crippen molar-refractivity contribution in [2.24, 2.45) is 0 Å². The Bertz CT molecular complexity index is 303. The summed E-state index contributed by atoms with van der Waals surface area (Å²) >= 11 is 3.29. The quantitative estimate of drug-likeness (QED) is 0.753. The van der Waals surface area contributed by atoms with Gasteiger partial charge in [-0.3, -0.25) is 4.98 Å². The van der Waals surface area contributed by atoms with Crippen LogP contribution in [0.5, 0.6) is 0 Å². The van der Waals surface area contributed by atoms with Crippen LogP contribution in [-0.4, -0.2) is 18.3 Å². The molecule has 0 aliphatic heterocycles. The maximum absolute atomic E-state index is 11.4. The van der Waals surface area contributed by atoms with Gasteiger partial charge >= 0.3 is 0 Å². The molecule has 0 amide bonds. The van der Waals surface area contributed by atoms with Gasteiger partial charge in [0, 0.05) is 22.5 Å². The molecule has 0 bridgehead atoms.